The zero-order chi connectivity index (χ0) is 27.1. The fourth-order valence-corrected chi connectivity index (χ4v) is 6.31. The third-order valence-corrected chi connectivity index (χ3v) is 8.19. The molecule has 2 fully saturated rings. The molecule has 0 spiro atoms. The van der Waals surface area contributed by atoms with Crippen LogP contribution in [0.5, 0.6) is 5.75 Å². The number of amides is 3. The van der Waals surface area contributed by atoms with Crippen molar-refractivity contribution in [1.29, 1.82) is 0 Å². The molecule has 15 heteroatoms. The van der Waals surface area contributed by atoms with Crippen LogP contribution >= 0.6 is 23.1 Å². The van der Waals surface area contributed by atoms with Crippen molar-refractivity contribution in [3.63, 3.8) is 0 Å². The first-order chi connectivity index (χ1) is 18.2. The minimum Gasteiger partial charge on any atom is -0.506 e. The lowest BCUT2D eigenvalue weighted by atomic mass is 10.0. The van der Waals surface area contributed by atoms with Gasteiger partial charge in [-0.05, 0) is 30.2 Å². The molecule has 0 saturated carbocycles. The van der Waals surface area contributed by atoms with Gasteiger partial charge in [0, 0.05) is 23.3 Å². The van der Waals surface area contributed by atoms with E-state index < -0.39 is 34.9 Å². The number of nitrogens with zero attached hydrogens (tertiary/aromatic N) is 4. The molecule has 196 valence electrons. The van der Waals surface area contributed by atoms with Gasteiger partial charge in [0.2, 0.25) is 0 Å². The number of β-lactam (4-membered cyclic amide) rings is 1. The number of allylic oxidation sites excluding steroid dienone is 1. The summed E-state index contributed by atoms with van der Waals surface area (Å²) in [7, 11) is 0. The summed E-state index contributed by atoms with van der Waals surface area (Å²) < 4.78 is 0. The largest absolute Gasteiger partial charge is 0.506 e. The molecule has 2 saturated heterocycles. The predicted octanol–water partition coefficient (Wildman–Crippen LogP) is 0.711. The van der Waals surface area contributed by atoms with Gasteiger partial charge in [-0.25, -0.2) is 9.78 Å². The normalized spacial score (nSPS) is 22.5. The van der Waals surface area contributed by atoms with Crippen LogP contribution in [-0.2, 0) is 19.2 Å². The van der Waals surface area contributed by atoms with Gasteiger partial charge in [0.15, 0.2) is 10.8 Å². The van der Waals surface area contributed by atoms with Gasteiger partial charge in [-0.3, -0.25) is 19.3 Å². The summed E-state index contributed by atoms with van der Waals surface area (Å²) >= 11 is 2.26. The highest BCUT2D eigenvalue weighted by Gasteiger charge is 2.54. The Morgan fingerprint density at radius 3 is 2.68 bits per heavy atom. The summed E-state index contributed by atoms with van der Waals surface area (Å²) in [5, 5.41) is 35.6. The van der Waals surface area contributed by atoms with Crippen LogP contribution in [0.2, 0.25) is 0 Å². The minimum atomic E-state index is -1.35. The number of aliphatic carboxylic acids is 1. The predicted molar refractivity (Wildman–Crippen MR) is 138 cm³/mol. The molecule has 3 aliphatic heterocycles. The molecule has 0 bridgehead atoms. The Morgan fingerprint density at radius 1 is 1.26 bits per heavy atom. The van der Waals surface area contributed by atoms with E-state index in [-0.39, 0.29) is 39.5 Å². The smallest absolute Gasteiger partial charge is 0.352 e. The topological polar surface area (TPSA) is 199 Å². The maximum atomic E-state index is 13.0. The van der Waals surface area contributed by atoms with Crippen LogP contribution in [0.25, 0.3) is 0 Å². The summed E-state index contributed by atoms with van der Waals surface area (Å²) in [6.07, 6.45) is 1.81. The van der Waals surface area contributed by atoms with E-state index in [2.05, 4.69) is 15.5 Å². The third kappa shape index (κ3) is 4.24. The van der Waals surface area contributed by atoms with E-state index in [9.17, 15) is 34.6 Å². The number of hydrogen-bond acceptors (Lipinski definition) is 11. The van der Waals surface area contributed by atoms with E-state index in [1.54, 1.807) is 18.2 Å². The number of carboxylic acids is 1. The second-order valence-corrected chi connectivity index (χ2v) is 10.4. The van der Waals surface area contributed by atoms with Crippen LogP contribution < -0.4 is 16.0 Å². The van der Waals surface area contributed by atoms with Crippen molar-refractivity contribution in [1.82, 2.24) is 15.2 Å². The molecule has 4 heterocycles. The van der Waals surface area contributed by atoms with Gasteiger partial charge in [0.05, 0.1) is 5.69 Å². The number of nitrogen functional groups attached to an aromatic ring is 1. The van der Waals surface area contributed by atoms with Gasteiger partial charge in [-0.15, -0.1) is 23.1 Å². The Balaban J connectivity index is 1.36. The maximum absolute atomic E-state index is 13.0. The fourth-order valence-electron chi connectivity index (χ4n) is 4.45. The number of carboxylic acid groups (broad SMARTS) is 1. The summed E-state index contributed by atoms with van der Waals surface area (Å²) in [6, 6.07) is 5.36. The number of oxime groups is 1. The molecular weight excluding hydrogens is 536 g/mol. The molecule has 0 unspecified atom stereocenters. The number of thioether (sulfide) groups is 1. The highest BCUT2D eigenvalue weighted by Crippen LogP contribution is 2.41. The number of nitrogens with one attached hydrogen (secondary N) is 1. The molecule has 0 aliphatic carbocycles. The lowest BCUT2D eigenvalue weighted by Crippen LogP contribution is -2.71. The second kappa shape index (κ2) is 9.83. The molecule has 13 nitrogen and oxygen atoms in total. The zero-order valence-electron chi connectivity index (χ0n) is 19.4. The van der Waals surface area contributed by atoms with Crippen molar-refractivity contribution in [3.05, 3.63) is 58.3 Å². The van der Waals surface area contributed by atoms with Crippen molar-refractivity contribution >= 4 is 63.3 Å². The van der Waals surface area contributed by atoms with Crippen molar-refractivity contribution in [2.24, 2.45) is 5.16 Å². The maximum Gasteiger partial charge on any atom is 0.352 e. The number of thiazole rings is 1. The fraction of sp³-hybridized carbons (Fsp3) is 0.217. The van der Waals surface area contributed by atoms with Gasteiger partial charge >= 0.3 is 5.97 Å². The average Bonchev–Trinajstić information content (AvgIpc) is 3.48. The second-order valence-electron chi connectivity index (χ2n) is 8.42. The van der Waals surface area contributed by atoms with Gasteiger partial charge in [-0.1, -0.05) is 17.3 Å². The minimum absolute atomic E-state index is 0.0338. The SMILES string of the molecule is Nc1nc(/C(=N/O)C(=O)N[C@@H]2C(=O)N3C(C(=O)O)=C(/C=C4\CCN(c5ccccc5O)C4=O)CS[C@H]23)cs1. The number of carbonyl (C=O) groups excluding carboxylic acids is 3. The number of aromatic nitrogens is 1. The van der Waals surface area contributed by atoms with Crippen molar-refractivity contribution in [3.8, 4) is 5.75 Å². The lowest BCUT2D eigenvalue weighted by Gasteiger charge is -2.49. The van der Waals surface area contributed by atoms with E-state index in [1.807, 2.05) is 0 Å². The van der Waals surface area contributed by atoms with E-state index in [0.29, 0.717) is 24.2 Å². The molecule has 1 aromatic heterocycles. The number of anilines is 2. The van der Waals surface area contributed by atoms with Gasteiger partial charge in [0.25, 0.3) is 17.7 Å². The van der Waals surface area contributed by atoms with Gasteiger partial charge < -0.3 is 31.4 Å². The van der Waals surface area contributed by atoms with Crippen LogP contribution in [0.15, 0.2) is 57.7 Å². The van der Waals surface area contributed by atoms with Crippen molar-refractivity contribution in [2.75, 3.05) is 22.9 Å². The standard InChI is InChI=1S/C23H20N6O7S2/c24-23-25-12(9-38-23)15(27-36)18(31)26-16-20(33)29-17(22(34)35)11(8-37-21(16)29)7-10-5-6-28(19(10)32)13-3-1-2-4-14(13)30/h1-4,7,9,16,21,30,36H,5-6,8H2,(H2,24,25)(H,26,31)(H,34,35)/b10-7+,27-15-/t16-,21-/m1/s1. The number of para-hydroxylation sites is 2. The van der Waals surface area contributed by atoms with Crippen LogP contribution in [-0.4, -0.2) is 78.4 Å². The summed E-state index contributed by atoms with van der Waals surface area (Å²) in [5.74, 6) is -3.12. The number of aromatic hydroxyl groups is 1. The highest BCUT2D eigenvalue weighted by atomic mass is 32.2. The quantitative estimate of drug-likeness (QED) is 0.111. The molecule has 5 rings (SSSR count). The lowest BCUT2D eigenvalue weighted by molar-refractivity contribution is -0.150. The number of carbonyl (C=O) groups is 4. The first kappa shape index (κ1) is 25.3. The van der Waals surface area contributed by atoms with Crippen LogP contribution in [0, 0.1) is 0 Å². The number of phenols is 1. The number of phenolic OH excluding ortho intramolecular Hbond substituents is 1. The Kier molecular flexibility index (Phi) is 6.54. The third-order valence-electron chi connectivity index (χ3n) is 6.21. The first-order valence-corrected chi connectivity index (χ1v) is 13.1. The number of benzene rings is 1. The molecule has 6 N–H and O–H groups in total. The van der Waals surface area contributed by atoms with E-state index in [0.717, 1.165) is 16.2 Å². The number of nitrogens with two attached hydrogens (primary N) is 1. The Bertz CT molecular complexity index is 1470. The van der Waals surface area contributed by atoms with Crippen LogP contribution in [0.3, 0.4) is 0 Å². The van der Waals surface area contributed by atoms with Gasteiger partial charge in [0.1, 0.15) is 28.6 Å². The van der Waals surface area contributed by atoms with Crippen molar-refractivity contribution < 1.29 is 34.6 Å². The molecule has 1 aromatic carbocycles. The monoisotopic (exact) mass is 556 g/mol. The summed E-state index contributed by atoms with van der Waals surface area (Å²) in [5.41, 5.74) is 5.89. The first-order valence-electron chi connectivity index (χ1n) is 11.2. The molecule has 2 aromatic rings. The van der Waals surface area contributed by atoms with Gasteiger partial charge in [-0.2, -0.15) is 0 Å². The van der Waals surface area contributed by atoms with E-state index in [1.165, 1.54) is 34.2 Å². The molecule has 3 aliphatic rings. The number of rotatable bonds is 6. The molecule has 38 heavy (non-hydrogen) atoms. The Morgan fingerprint density at radius 2 is 2.03 bits per heavy atom. The molecular formula is C23H20N6O7S2. The molecule has 0 radical (unpaired) electrons. The van der Waals surface area contributed by atoms with Crippen LogP contribution in [0.4, 0.5) is 10.8 Å². The number of fused-ring (bicyclic) bond motifs is 1. The summed E-state index contributed by atoms with van der Waals surface area (Å²) in [6.45, 7) is 0.309. The van der Waals surface area contributed by atoms with Crippen molar-refractivity contribution in [2.45, 2.75) is 17.8 Å². The molecule has 3 amide bonds. The Labute approximate surface area is 222 Å². The summed E-state index contributed by atoms with van der Waals surface area (Å²) in [4.78, 5) is 57.2. The highest BCUT2D eigenvalue weighted by molar-refractivity contribution is 8.00. The van der Waals surface area contributed by atoms with E-state index >= 15 is 0 Å². The Hall–Kier alpha value is -4.37. The molecule has 2 atom stereocenters. The zero-order valence-corrected chi connectivity index (χ0v) is 21.0. The van der Waals surface area contributed by atoms with Crippen LogP contribution in [0.1, 0.15) is 12.1 Å². The number of hydrogen-bond donors (Lipinski definition) is 5. The average molecular weight is 557 g/mol. The van der Waals surface area contributed by atoms with E-state index in [4.69, 9.17) is 5.73 Å².